The van der Waals surface area contributed by atoms with Crippen molar-refractivity contribution in [3.8, 4) is 0 Å². The largest absolute Gasteiger partial charge is 0.368 e. The Bertz CT molecular complexity index is 645. The van der Waals surface area contributed by atoms with Gasteiger partial charge in [0.15, 0.2) is 0 Å². The number of alkyl halides is 1. The van der Waals surface area contributed by atoms with Crippen LogP contribution in [0.2, 0.25) is 0 Å². The van der Waals surface area contributed by atoms with Crippen molar-refractivity contribution in [2.75, 3.05) is 23.5 Å². The quantitative estimate of drug-likeness (QED) is 0.521. The van der Waals surface area contributed by atoms with E-state index < -0.39 is 6.67 Å². The van der Waals surface area contributed by atoms with Crippen molar-refractivity contribution in [1.82, 2.24) is 9.97 Å². The molecule has 1 aromatic heterocycles. The monoisotopic (exact) mass is 347 g/mol. The molecule has 0 amide bonds. The van der Waals surface area contributed by atoms with Gasteiger partial charge in [0.05, 0.1) is 0 Å². The molecule has 0 unspecified atom stereocenters. The van der Waals surface area contributed by atoms with Crippen LogP contribution in [0.5, 0.6) is 0 Å². The summed E-state index contributed by atoms with van der Waals surface area (Å²) in [6.07, 6.45) is 10.4. The van der Waals surface area contributed by atoms with E-state index in [9.17, 15) is 4.39 Å². The van der Waals surface area contributed by atoms with Gasteiger partial charge in [-0.1, -0.05) is 12.7 Å². The van der Waals surface area contributed by atoms with E-state index in [1.54, 1.807) is 36.3 Å². The van der Waals surface area contributed by atoms with Crippen LogP contribution in [0.1, 0.15) is 12.6 Å². The zero-order valence-corrected chi connectivity index (χ0v) is 14.7. The van der Waals surface area contributed by atoms with E-state index in [4.69, 9.17) is 5.73 Å². The third kappa shape index (κ3) is 8.28. The molecule has 0 aromatic carbocycles. The molecule has 0 spiro atoms. The Morgan fingerprint density at radius 1 is 1.46 bits per heavy atom. The van der Waals surface area contributed by atoms with Crippen LogP contribution in [0.15, 0.2) is 58.7 Å². The summed E-state index contributed by atoms with van der Waals surface area (Å²) in [5, 5.41) is 3.03. The molecule has 24 heavy (non-hydrogen) atoms. The number of nitrogens with one attached hydrogen (secondary N) is 1. The van der Waals surface area contributed by atoms with Gasteiger partial charge in [0.25, 0.3) is 0 Å². The van der Waals surface area contributed by atoms with Gasteiger partial charge in [0.2, 0.25) is 5.95 Å². The van der Waals surface area contributed by atoms with Crippen LogP contribution in [-0.2, 0) is 0 Å². The van der Waals surface area contributed by atoms with Crippen LogP contribution in [0.3, 0.4) is 0 Å². The highest BCUT2D eigenvalue weighted by molar-refractivity contribution is 8.03. The predicted octanol–water partition coefficient (Wildman–Crippen LogP) is 4.04. The molecule has 128 valence electrons. The normalized spacial score (nSPS) is 12.5. The topological polar surface area (TPSA) is 76.2 Å². The van der Waals surface area contributed by atoms with Gasteiger partial charge in [-0.25, -0.2) is 9.37 Å². The lowest BCUT2D eigenvalue weighted by molar-refractivity contribution is 0.560. The summed E-state index contributed by atoms with van der Waals surface area (Å²) in [7, 11) is 0. The first-order valence-corrected chi connectivity index (χ1v) is 8.30. The Labute approximate surface area is 146 Å². The molecule has 1 heterocycles. The Kier molecular flexibility index (Phi) is 9.14. The number of halogens is 1. The molecule has 5 nitrogen and oxygen atoms in total. The maximum absolute atomic E-state index is 12.7. The number of nitrogens with two attached hydrogens (primary N) is 1. The molecule has 0 aliphatic rings. The van der Waals surface area contributed by atoms with Gasteiger partial charge in [0.1, 0.15) is 12.5 Å². The molecule has 7 heteroatoms. The van der Waals surface area contributed by atoms with E-state index in [-0.39, 0.29) is 5.95 Å². The van der Waals surface area contributed by atoms with Crippen LogP contribution in [0.4, 0.5) is 16.2 Å². The number of nitrogens with zero attached hydrogens (tertiary/aromatic N) is 3. The lowest BCUT2D eigenvalue weighted by Crippen LogP contribution is -2.04. The highest BCUT2D eigenvalue weighted by Crippen LogP contribution is 2.16. The second-order valence-electron chi connectivity index (χ2n) is 4.59. The number of hydrogen-bond donors (Lipinski definition) is 2. The van der Waals surface area contributed by atoms with E-state index in [1.165, 1.54) is 6.08 Å². The van der Waals surface area contributed by atoms with E-state index in [1.807, 2.05) is 26.0 Å². The van der Waals surface area contributed by atoms with Gasteiger partial charge in [-0.15, -0.1) is 11.8 Å². The predicted molar refractivity (Wildman–Crippen MR) is 103 cm³/mol. The molecular weight excluding hydrogens is 325 g/mol. The maximum Gasteiger partial charge on any atom is 0.222 e. The van der Waals surface area contributed by atoms with Gasteiger partial charge >= 0.3 is 0 Å². The molecule has 3 N–H and O–H groups in total. The lowest BCUT2D eigenvalue weighted by Gasteiger charge is -2.07. The molecule has 0 aliphatic carbocycles. The number of rotatable bonds is 9. The highest BCUT2D eigenvalue weighted by Gasteiger charge is 2.00. The Hall–Kier alpha value is -2.41. The third-order valence-corrected chi connectivity index (χ3v) is 3.46. The number of nitrogen functional groups attached to an aromatic ring is 1. The number of aromatic nitrogens is 2. The minimum atomic E-state index is -0.580. The molecule has 0 fully saturated rings. The van der Waals surface area contributed by atoms with Crippen molar-refractivity contribution < 1.29 is 4.39 Å². The molecule has 0 bridgehead atoms. The van der Waals surface area contributed by atoms with Gasteiger partial charge in [0, 0.05) is 40.5 Å². The standard InChI is InChI=1S/C17H22FN5S/c1-4-20-10-8-14(3)24-11-5-6-15(7-9-18)22-16-12-13(2)21-17(19)23-16/h4-8,10,12H,3,9,11H2,1-2H3,(H3,19,21,22,23)/b6-5-,10-8-,15-7+,20-4?. The zero-order valence-electron chi connectivity index (χ0n) is 13.9. The van der Waals surface area contributed by atoms with Crippen molar-refractivity contribution >= 4 is 29.7 Å². The van der Waals surface area contributed by atoms with Crippen molar-refractivity contribution in [1.29, 1.82) is 0 Å². The summed E-state index contributed by atoms with van der Waals surface area (Å²) in [5.41, 5.74) is 6.95. The second kappa shape index (κ2) is 11.2. The van der Waals surface area contributed by atoms with Gasteiger partial charge in [-0.2, -0.15) is 4.98 Å². The number of allylic oxidation sites excluding steroid dienone is 3. The van der Waals surface area contributed by atoms with Crippen molar-refractivity contribution in [2.24, 2.45) is 4.99 Å². The highest BCUT2D eigenvalue weighted by atomic mass is 32.2. The molecule has 0 radical (unpaired) electrons. The van der Waals surface area contributed by atoms with E-state index >= 15 is 0 Å². The average Bonchev–Trinajstić information content (AvgIpc) is 2.51. The zero-order chi connectivity index (χ0) is 17.8. The molecule has 0 saturated carbocycles. The minimum absolute atomic E-state index is 0.175. The Morgan fingerprint density at radius 3 is 2.92 bits per heavy atom. The molecular formula is C17H22FN5S. The maximum atomic E-state index is 12.7. The first kappa shape index (κ1) is 19.6. The first-order chi connectivity index (χ1) is 11.5. The van der Waals surface area contributed by atoms with Crippen molar-refractivity contribution in [2.45, 2.75) is 13.8 Å². The SMILES string of the molecule is C=C(/C=C\N=CC)SC/C=C\C(=C/CF)Nc1cc(C)nc(N)n1. The van der Waals surface area contributed by atoms with Crippen LogP contribution in [0, 0.1) is 6.92 Å². The Morgan fingerprint density at radius 2 is 2.25 bits per heavy atom. The van der Waals surface area contributed by atoms with Crippen LogP contribution < -0.4 is 11.1 Å². The van der Waals surface area contributed by atoms with Gasteiger partial charge in [-0.3, -0.25) is 4.99 Å². The number of thioether (sulfide) groups is 1. The van der Waals surface area contributed by atoms with E-state index in [0.717, 1.165) is 10.6 Å². The van der Waals surface area contributed by atoms with Crippen molar-refractivity contribution in [3.63, 3.8) is 0 Å². The average molecular weight is 347 g/mol. The smallest absolute Gasteiger partial charge is 0.222 e. The summed E-state index contributed by atoms with van der Waals surface area (Å²) in [6, 6.07) is 1.74. The first-order valence-electron chi connectivity index (χ1n) is 7.32. The number of hydrogen-bond acceptors (Lipinski definition) is 6. The summed E-state index contributed by atoms with van der Waals surface area (Å²) < 4.78 is 12.7. The number of aryl methyl sites for hydroxylation is 1. The number of aliphatic imine (C=N–C) groups is 1. The number of anilines is 2. The van der Waals surface area contributed by atoms with Crippen LogP contribution >= 0.6 is 11.8 Å². The molecule has 0 atom stereocenters. The summed E-state index contributed by atoms with van der Waals surface area (Å²) in [6.45, 7) is 7.00. The fraction of sp³-hybridized carbons (Fsp3) is 0.235. The molecule has 1 aromatic rings. The second-order valence-corrected chi connectivity index (χ2v) is 5.74. The summed E-state index contributed by atoms with van der Waals surface area (Å²) in [4.78, 5) is 12.9. The summed E-state index contributed by atoms with van der Waals surface area (Å²) >= 11 is 1.56. The van der Waals surface area contributed by atoms with Crippen LogP contribution in [-0.4, -0.2) is 28.6 Å². The molecule has 0 saturated heterocycles. The fourth-order valence-corrected chi connectivity index (χ4v) is 2.20. The minimum Gasteiger partial charge on any atom is -0.368 e. The van der Waals surface area contributed by atoms with E-state index in [2.05, 4.69) is 26.9 Å². The van der Waals surface area contributed by atoms with Crippen LogP contribution in [0.25, 0.3) is 0 Å². The molecule has 0 aliphatic heterocycles. The Balaban J connectivity index is 2.60. The van der Waals surface area contributed by atoms with Gasteiger partial charge < -0.3 is 11.1 Å². The molecule has 1 rings (SSSR count). The summed E-state index contributed by atoms with van der Waals surface area (Å²) in [5.74, 6) is 1.41. The third-order valence-electron chi connectivity index (χ3n) is 2.60. The lowest BCUT2D eigenvalue weighted by atomic mass is 10.3. The van der Waals surface area contributed by atoms with Gasteiger partial charge in [-0.05, 0) is 32.1 Å². The van der Waals surface area contributed by atoms with Crippen molar-refractivity contribution in [3.05, 3.63) is 59.4 Å². The van der Waals surface area contributed by atoms with E-state index in [0.29, 0.717) is 17.3 Å². The fourth-order valence-electron chi connectivity index (χ4n) is 1.64.